The molecule has 0 saturated carbocycles. The molecule has 0 radical (unpaired) electrons. The van der Waals surface area contributed by atoms with Crippen LogP contribution in [0, 0.1) is 36.3 Å². The Bertz CT molecular complexity index is 636. The van der Waals surface area contributed by atoms with E-state index in [2.05, 4.69) is 11.4 Å². The predicted molar refractivity (Wildman–Crippen MR) is 83.7 cm³/mol. The number of nitro groups is 1. The van der Waals surface area contributed by atoms with Gasteiger partial charge in [0, 0.05) is 6.07 Å². The number of nitrogens with one attached hydrogen (secondary N) is 1. The summed E-state index contributed by atoms with van der Waals surface area (Å²) in [5.41, 5.74) is -1.04. The SMILES string of the molecule is CCNC(C)(C#N)COc1c(I)cc(C#N)cc1[N+](=O)[O-]. The van der Waals surface area contributed by atoms with E-state index < -0.39 is 10.5 Å². The Morgan fingerprint density at radius 3 is 2.67 bits per heavy atom. The molecule has 0 bridgehead atoms. The molecule has 1 aromatic carbocycles. The summed E-state index contributed by atoms with van der Waals surface area (Å²) >= 11 is 1.87. The van der Waals surface area contributed by atoms with Crippen LogP contribution in [-0.2, 0) is 0 Å². The van der Waals surface area contributed by atoms with Gasteiger partial charge in [-0.05, 0) is 42.1 Å². The molecule has 1 aromatic rings. The molecule has 0 aliphatic rings. The lowest BCUT2D eigenvalue weighted by Gasteiger charge is -2.22. The standard InChI is InChI=1S/C13H13IN4O3/c1-3-17-13(2,7-16)8-21-12-10(14)4-9(6-15)5-11(12)18(19)20/h4-5,17H,3,8H2,1-2H3. The molecule has 0 aliphatic carbocycles. The quantitative estimate of drug-likeness (QED) is 0.446. The average molecular weight is 400 g/mol. The van der Waals surface area contributed by atoms with E-state index >= 15 is 0 Å². The van der Waals surface area contributed by atoms with E-state index in [9.17, 15) is 10.1 Å². The van der Waals surface area contributed by atoms with Gasteiger partial charge in [0.05, 0.1) is 26.2 Å². The minimum Gasteiger partial charge on any atom is -0.483 e. The number of halogens is 1. The molecule has 8 heteroatoms. The van der Waals surface area contributed by atoms with E-state index in [0.717, 1.165) is 6.07 Å². The minimum atomic E-state index is -0.945. The third-order valence-corrected chi connectivity index (χ3v) is 3.47. The van der Waals surface area contributed by atoms with Gasteiger partial charge in [-0.1, -0.05) is 6.92 Å². The third kappa shape index (κ3) is 4.28. The van der Waals surface area contributed by atoms with Gasteiger partial charge in [-0.15, -0.1) is 0 Å². The van der Waals surface area contributed by atoms with E-state index in [4.69, 9.17) is 15.3 Å². The Kier molecular flexibility index (Phi) is 5.88. The molecule has 7 nitrogen and oxygen atoms in total. The normalized spacial score (nSPS) is 12.8. The third-order valence-electron chi connectivity index (χ3n) is 2.67. The first-order chi connectivity index (χ1) is 9.86. The Labute approximate surface area is 135 Å². The number of hydrogen-bond acceptors (Lipinski definition) is 6. The summed E-state index contributed by atoms with van der Waals surface area (Å²) in [6.07, 6.45) is 0. The van der Waals surface area contributed by atoms with Gasteiger partial charge in [-0.2, -0.15) is 10.5 Å². The molecule has 1 atom stereocenters. The van der Waals surface area contributed by atoms with Crippen molar-refractivity contribution in [3.63, 3.8) is 0 Å². The van der Waals surface area contributed by atoms with Crippen LogP contribution in [-0.4, -0.2) is 23.6 Å². The average Bonchev–Trinajstić information content (AvgIpc) is 2.45. The summed E-state index contributed by atoms with van der Waals surface area (Å²) in [5.74, 6) is 0.0685. The summed E-state index contributed by atoms with van der Waals surface area (Å²) in [5, 5.41) is 32.1. The number of nitro benzene ring substituents is 1. The van der Waals surface area contributed by atoms with Crippen LogP contribution in [0.3, 0.4) is 0 Å². The first-order valence-electron chi connectivity index (χ1n) is 6.04. The number of nitrogens with zero attached hydrogens (tertiary/aromatic N) is 3. The lowest BCUT2D eigenvalue weighted by atomic mass is 10.1. The van der Waals surface area contributed by atoms with Crippen molar-refractivity contribution in [1.82, 2.24) is 5.32 Å². The van der Waals surface area contributed by atoms with E-state index in [-0.39, 0.29) is 23.6 Å². The zero-order valence-electron chi connectivity index (χ0n) is 11.5. The lowest BCUT2D eigenvalue weighted by Crippen LogP contribution is -2.46. The van der Waals surface area contributed by atoms with E-state index in [0.29, 0.717) is 10.1 Å². The zero-order valence-corrected chi connectivity index (χ0v) is 13.7. The van der Waals surface area contributed by atoms with Crippen LogP contribution in [0.25, 0.3) is 0 Å². The maximum absolute atomic E-state index is 11.1. The number of nitriles is 2. The van der Waals surface area contributed by atoms with Crippen LogP contribution < -0.4 is 10.1 Å². The molecular weight excluding hydrogens is 387 g/mol. The second kappa shape index (κ2) is 7.20. The van der Waals surface area contributed by atoms with Crippen molar-refractivity contribution in [3.05, 3.63) is 31.4 Å². The van der Waals surface area contributed by atoms with Crippen molar-refractivity contribution in [1.29, 1.82) is 10.5 Å². The fourth-order valence-corrected chi connectivity index (χ4v) is 2.42. The molecule has 0 saturated heterocycles. The highest BCUT2D eigenvalue weighted by atomic mass is 127. The second-order valence-corrected chi connectivity index (χ2v) is 5.60. The van der Waals surface area contributed by atoms with Gasteiger partial charge in [-0.3, -0.25) is 15.4 Å². The first kappa shape index (κ1) is 17.1. The molecule has 0 fully saturated rings. The lowest BCUT2D eigenvalue weighted by molar-refractivity contribution is -0.386. The van der Waals surface area contributed by atoms with Crippen molar-refractivity contribution < 1.29 is 9.66 Å². The van der Waals surface area contributed by atoms with E-state index in [1.165, 1.54) is 6.07 Å². The molecule has 0 heterocycles. The number of hydrogen-bond donors (Lipinski definition) is 1. The fourth-order valence-electron chi connectivity index (χ4n) is 1.65. The molecule has 0 aromatic heterocycles. The predicted octanol–water partition coefficient (Wildman–Crippen LogP) is 2.34. The molecule has 0 spiro atoms. The number of ether oxygens (including phenoxy) is 1. The molecule has 0 aliphatic heterocycles. The largest absolute Gasteiger partial charge is 0.483 e. The van der Waals surface area contributed by atoms with Gasteiger partial charge in [0.1, 0.15) is 12.1 Å². The molecule has 1 unspecified atom stereocenters. The minimum absolute atomic E-state index is 0.0416. The van der Waals surface area contributed by atoms with Crippen molar-refractivity contribution in [2.75, 3.05) is 13.2 Å². The van der Waals surface area contributed by atoms with Crippen LogP contribution in [0.2, 0.25) is 0 Å². The van der Waals surface area contributed by atoms with Crippen molar-refractivity contribution in [2.24, 2.45) is 0 Å². The second-order valence-electron chi connectivity index (χ2n) is 4.44. The number of benzene rings is 1. The summed E-state index contributed by atoms with van der Waals surface area (Å²) in [6.45, 7) is 4.03. The van der Waals surface area contributed by atoms with Gasteiger partial charge in [-0.25, -0.2) is 0 Å². The van der Waals surface area contributed by atoms with Crippen molar-refractivity contribution >= 4 is 28.3 Å². The Hall–Kier alpha value is -1.91. The monoisotopic (exact) mass is 400 g/mol. The molecule has 1 N–H and O–H groups in total. The van der Waals surface area contributed by atoms with Crippen molar-refractivity contribution in [3.8, 4) is 17.9 Å². The van der Waals surface area contributed by atoms with Crippen LogP contribution in [0.1, 0.15) is 19.4 Å². The highest BCUT2D eigenvalue weighted by Gasteiger charge is 2.27. The van der Waals surface area contributed by atoms with Crippen LogP contribution in [0.5, 0.6) is 5.75 Å². The summed E-state index contributed by atoms with van der Waals surface area (Å²) < 4.78 is 5.95. The molecular formula is C13H13IN4O3. The van der Waals surface area contributed by atoms with Gasteiger partial charge in [0.15, 0.2) is 0 Å². The molecule has 21 heavy (non-hydrogen) atoms. The Morgan fingerprint density at radius 1 is 1.52 bits per heavy atom. The van der Waals surface area contributed by atoms with Crippen LogP contribution in [0.4, 0.5) is 5.69 Å². The molecule has 0 amide bonds. The van der Waals surface area contributed by atoms with E-state index in [1.807, 2.05) is 35.6 Å². The number of likely N-dealkylation sites (N-methyl/N-ethyl adjacent to an activating group) is 1. The number of rotatable bonds is 6. The van der Waals surface area contributed by atoms with Crippen LogP contribution >= 0.6 is 22.6 Å². The Morgan fingerprint density at radius 2 is 2.19 bits per heavy atom. The summed E-state index contributed by atoms with van der Waals surface area (Å²) in [7, 11) is 0. The summed E-state index contributed by atoms with van der Waals surface area (Å²) in [6, 6.07) is 6.61. The van der Waals surface area contributed by atoms with Crippen LogP contribution in [0.15, 0.2) is 12.1 Å². The van der Waals surface area contributed by atoms with E-state index in [1.54, 1.807) is 6.92 Å². The van der Waals surface area contributed by atoms with Crippen molar-refractivity contribution in [2.45, 2.75) is 19.4 Å². The smallest absolute Gasteiger partial charge is 0.313 e. The molecule has 1 rings (SSSR count). The zero-order chi connectivity index (χ0) is 16.0. The van der Waals surface area contributed by atoms with Gasteiger partial charge in [0.2, 0.25) is 5.75 Å². The Balaban J connectivity index is 3.12. The topological polar surface area (TPSA) is 112 Å². The highest BCUT2D eigenvalue weighted by Crippen LogP contribution is 2.34. The van der Waals surface area contributed by atoms with Gasteiger partial charge < -0.3 is 4.74 Å². The first-order valence-corrected chi connectivity index (χ1v) is 7.12. The van der Waals surface area contributed by atoms with Gasteiger partial charge >= 0.3 is 5.69 Å². The van der Waals surface area contributed by atoms with Gasteiger partial charge in [0.25, 0.3) is 0 Å². The fraction of sp³-hybridized carbons (Fsp3) is 0.385. The maximum atomic E-state index is 11.1. The maximum Gasteiger partial charge on any atom is 0.313 e. The summed E-state index contributed by atoms with van der Waals surface area (Å²) in [4.78, 5) is 10.5. The highest BCUT2D eigenvalue weighted by molar-refractivity contribution is 14.1. The molecule has 110 valence electrons.